The zero-order valence-electron chi connectivity index (χ0n) is 11.7. The Morgan fingerprint density at radius 3 is 2.30 bits per heavy atom. The first-order valence-corrected chi connectivity index (χ1v) is 6.96. The number of Topliss-reactive ketones (excluding diaryl/α,β-unsaturated/α-hetero) is 2. The summed E-state index contributed by atoms with van der Waals surface area (Å²) in [5.41, 5.74) is 6.78. The SMILES string of the molecule is N#Cc1ccc(OC2=C(Cl)C(=O)c3ccccc3C2=O)c(N)c1. The third kappa shape index (κ3) is 2.45. The Hall–Kier alpha value is -3.10. The highest BCUT2D eigenvalue weighted by molar-refractivity contribution is 6.49. The number of ether oxygens (including phenoxy) is 1. The summed E-state index contributed by atoms with van der Waals surface area (Å²) in [6, 6.07) is 12.7. The topological polar surface area (TPSA) is 93.2 Å². The van der Waals surface area contributed by atoms with Crippen molar-refractivity contribution in [1.29, 1.82) is 5.26 Å². The highest BCUT2D eigenvalue weighted by Crippen LogP contribution is 2.32. The van der Waals surface area contributed by atoms with Crippen LogP contribution in [0.15, 0.2) is 53.3 Å². The van der Waals surface area contributed by atoms with Gasteiger partial charge in [-0.3, -0.25) is 9.59 Å². The van der Waals surface area contributed by atoms with E-state index in [0.29, 0.717) is 5.56 Å². The number of hydrogen-bond acceptors (Lipinski definition) is 5. The zero-order chi connectivity index (χ0) is 16.6. The van der Waals surface area contributed by atoms with E-state index < -0.39 is 11.6 Å². The second kappa shape index (κ2) is 5.59. The number of nitrogens with zero attached hydrogens (tertiary/aromatic N) is 1. The van der Waals surface area contributed by atoms with Crippen molar-refractivity contribution in [3.8, 4) is 11.8 Å². The van der Waals surface area contributed by atoms with Gasteiger partial charge in [0.2, 0.25) is 11.6 Å². The summed E-state index contributed by atoms with van der Waals surface area (Å²) in [5, 5.41) is 8.53. The molecule has 0 aliphatic heterocycles. The lowest BCUT2D eigenvalue weighted by molar-refractivity contribution is 0.0943. The monoisotopic (exact) mass is 324 g/mol. The third-order valence-electron chi connectivity index (χ3n) is 3.37. The number of hydrogen-bond donors (Lipinski definition) is 1. The minimum Gasteiger partial charge on any atom is -0.449 e. The van der Waals surface area contributed by atoms with Gasteiger partial charge in [-0.1, -0.05) is 35.9 Å². The lowest BCUT2D eigenvalue weighted by Crippen LogP contribution is -2.23. The molecule has 0 radical (unpaired) electrons. The third-order valence-corrected chi connectivity index (χ3v) is 3.72. The Labute approximate surface area is 136 Å². The predicted molar refractivity (Wildman–Crippen MR) is 84.2 cm³/mol. The molecule has 3 rings (SSSR count). The average Bonchev–Trinajstić information content (AvgIpc) is 2.57. The smallest absolute Gasteiger partial charge is 0.230 e. The van der Waals surface area contributed by atoms with Crippen LogP contribution < -0.4 is 10.5 Å². The second-order valence-corrected chi connectivity index (χ2v) is 5.19. The first-order valence-electron chi connectivity index (χ1n) is 6.58. The number of rotatable bonds is 2. The Bertz CT molecular complexity index is 926. The minimum atomic E-state index is -0.492. The van der Waals surface area contributed by atoms with Gasteiger partial charge in [0.05, 0.1) is 17.3 Å². The summed E-state index contributed by atoms with van der Waals surface area (Å²) in [6.45, 7) is 0. The van der Waals surface area contributed by atoms with E-state index in [2.05, 4.69) is 0 Å². The molecule has 0 fully saturated rings. The molecule has 1 aliphatic rings. The molecule has 1 aliphatic carbocycles. The van der Waals surface area contributed by atoms with E-state index in [0.717, 1.165) is 0 Å². The number of carbonyl (C=O) groups is 2. The van der Waals surface area contributed by atoms with Crippen LogP contribution in [0, 0.1) is 11.3 Å². The Balaban J connectivity index is 2.04. The van der Waals surface area contributed by atoms with E-state index in [-0.39, 0.29) is 33.4 Å². The molecule has 112 valence electrons. The minimum absolute atomic E-state index is 0.151. The summed E-state index contributed by atoms with van der Waals surface area (Å²) < 4.78 is 5.48. The summed E-state index contributed by atoms with van der Waals surface area (Å²) >= 11 is 6.01. The maximum atomic E-state index is 12.5. The van der Waals surface area contributed by atoms with Gasteiger partial charge in [-0.05, 0) is 18.2 Å². The molecule has 0 unspecified atom stereocenters. The van der Waals surface area contributed by atoms with Gasteiger partial charge in [0.15, 0.2) is 11.5 Å². The Kier molecular flexibility index (Phi) is 3.61. The van der Waals surface area contributed by atoms with Crippen LogP contribution in [0.4, 0.5) is 5.69 Å². The number of nitriles is 1. The molecule has 0 spiro atoms. The highest BCUT2D eigenvalue weighted by Gasteiger charge is 2.33. The molecule has 0 aromatic heterocycles. The summed E-state index contributed by atoms with van der Waals surface area (Å²) in [5.74, 6) is -1.09. The van der Waals surface area contributed by atoms with Crippen molar-refractivity contribution in [3.63, 3.8) is 0 Å². The largest absolute Gasteiger partial charge is 0.449 e. The van der Waals surface area contributed by atoms with Gasteiger partial charge in [0.1, 0.15) is 5.03 Å². The van der Waals surface area contributed by atoms with Crippen molar-refractivity contribution >= 4 is 28.9 Å². The fourth-order valence-electron chi connectivity index (χ4n) is 2.23. The molecule has 5 nitrogen and oxygen atoms in total. The van der Waals surface area contributed by atoms with E-state index in [1.54, 1.807) is 12.1 Å². The number of nitrogen functional groups attached to an aromatic ring is 1. The zero-order valence-corrected chi connectivity index (χ0v) is 12.4. The second-order valence-electron chi connectivity index (χ2n) is 4.81. The molecule has 2 aromatic rings. The molecular formula is C17H9ClN2O3. The van der Waals surface area contributed by atoms with Gasteiger partial charge >= 0.3 is 0 Å². The van der Waals surface area contributed by atoms with Gasteiger partial charge in [0, 0.05) is 11.1 Å². The van der Waals surface area contributed by atoms with Gasteiger partial charge < -0.3 is 10.5 Å². The van der Waals surface area contributed by atoms with Gasteiger partial charge in [0.25, 0.3) is 0 Å². The van der Waals surface area contributed by atoms with Crippen molar-refractivity contribution in [2.45, 2.75) is 0 Å². The predicted octanol–water partition coefficient (Wildman–Crippen LogP) is 3.05. The van der Waals surface area contributed by atoms with Crippen molar-refractivity contribution in [1.82, 2.24) is 0 Å². The van der Waals surface area contributed by atoms with Crippen LogP contribution in [0.2, 0.25) is 0 Å². The number of carbonyl (C=O) groups excluding carboxylic acids is 2. The van der Waals surface area contributed by atoms with Crippen molar-refractivity contribution < 1.29 is 14.3 Å². The number of anilines is 1. The first-order chi connectivity index (χ1) is 11.0. The molecule has 0 bridgehead atoms. The number of benzene rings is 2. The number of allylic oxidation sites excluding steroid dienone is 2. The normalized spacial score (nSPS) is 13.6. The number of fused-ring (bicyclic) bond motifs is 1. The average molecular weight is 325 g/mol. The number of halogens is 1. The molecule has 0 saturated carbocycles. The summed E-state index contributed by atoms with van der Waals surface area (Å²) in [6.07, 6.45) is 0. The van der Waals surface area contributed by atoms with E-state index in [1.165, 1.54) is 30.3 Å². The molecule has 0 heterocycles. The van der Waals surface area contributed by atoms with E-state index in [9.17, 15) is 9.59 Å². The lowest BCUT2D eigenvalue weighted by Gasteiger charge is -2.18. The first kappa shape index (κ1) is 14.8. The Morgan fingerprint density at radius 2 is 1.70 bits per heavy atom. The van der Waals surface area contributed by atoms with Crippen LogP contribution >= 0.6 is 11.6 Å². The fourth-order valence-corrected chi connectivity index (χ4v) is 2.46. The van der Waals surface area contributed by atoms with Crippen LogP contribution in [0.5, 0.6) is 5.75 Å². The van der Waals surface area contributed by atoms with Crippen LogP contribution in [-0.2, 0) is 0 Å². The molecule has 2 aromatic carbocycles. The standard InChI is InChI=1S/C17H9ClN2O3/c18-14-15(21)10-3-1-2-4-11(10)16(22)17(14)23-13-6-5-9(8-19)7-12(13)20/h1-7H,20H2. The summed E-state index contributed by atoms with van der Waals surface area (Å²) in [4.78, 5) is 24.8. The van der Waals surface area contributed by atoms with Gasteiger partial charge in [-0.2, -0.15) is 5.26 Å². The molecule has 0 atom stereocenters. The van der Waals surface area contributed by atoms with E-state index in [4.69, 9.17) is 27.3 Å². The number of ketones is 2. The summed E-state index contributed by atoms with van der Waals surface area (Å²) in [7, 11) is 0. The van der Waals surface area contributed by atoms with Crippen LogP contribution in [0.25, 0.3) is 0 Å². The molecule has 0 amide bonds. The van der Waals surface area contributed by atoms with E-state index in [1.807, 2.05) is 6.07 Å². The fraction of sp³-hybridized carbons (Fsp3) is 0. The van der Waals surface area contributed by atoms with Crippen molar-refractivity contribution in [2.75, 3.05) is 5.73 Å². The Morgan fingerprint density at radius 1 is 1.04 bits per heavy atom. The molecule has 0 saturated heterocycles. The maximum Gasteiger partial charge on any atom is 0.230 e. The lowest BCUT2D eigenvalue weighted by atomic mass is 9.93. The van der Waals surface area contributed by atoms with Crippen LogP contribution in [0.3, 0.4) is 0 Å². The van der Waals surface area contributed by atoms with Crippen molar-refractivity contribution in [2.24, 2.45) is 0 Å². The highest BCUT2D eigenvalue weighted by atomic mass is 35.5. The molecule has 23 heavy (non-hydrogen) atoms. The van der Waals surface area contributed by atoms with Crippen LogP contribution in [-0.4, -0.2) is 11.6 Å². The molecular weight excluding hydrogens is 316 g/mol. The molecule has 6 heteroatoms. The van der Waals surface area contributed by atoms with Crippen LogP contribution in [0.1, 0.15) is 26.3 Å². The van der Waals surface area contributed by atoms with Crippen molar-refractivity contribution in [3.05, 3.63) is 69.9 Å². The number of nitrogens with two attached hydrogens (primary N) is 1. The van der Waals surface area contributed by atoms with E-state index >= 15 is 0 Å². The maximum absolute atomic E-state index is 12.5. The van der Waals surface area contributed by atoms with Gasteiger partial charge in [-0.15, -0.1) is 0 Å². The quantitative estimate of drug-likeness (QED) is 0.857. The van der Waals surface area contributed by atoms with Gasteiger partial charge in [-0.25, -0.2) is 0 Å². The molecule has 2 N–H and O–H groups in total.